The third-order valence-electron chi connectivity index (χ3n) is 6.16. The van der Waals surface area contributed by atoms with E-state index in [2.05, 4.69) is 41.1 Å². The zero-order valence-electron chi connectivity index (χ0n) is 19.9. The van der Waals surface area contributed by atoms with Crippen molar-refractivity contribution in [2.24, 2.45) is 5.41 Å². The molecule has 0 spiro atoms. The number of aromatic nitrogens is 2. The summed E-state index contributed by atoms with van der Waals surface area (Å²) in [6.07, 6.45) is 7.85. The summed E-state index contributed by atoms with van der Waals surface area (Å²) in [5.41, 5.74) is 1.51. The molecule has 1 saturated heterocycles. The summed E-state index contributed by atoms with van der Waals surface area (Å²) in [5, 5.41) is 1.76. The van der Waals surface area contributed by atoms with Crippen LogP contribution in [0.15, 0.2) is 6.08 Å². The van der Waals surface area contributed by atoms with Gasteiger partial charge in [0.1, 0.15) is 18.0 Å². The van der Waals surface area contributed by atoms with Crippen LogP contribution in [-0.4, -0.2) is 62.1 Å². The Bertz CT molecular complexity index is 858. The fourth-order valence-corrected chi connectivity index (χ4v) is 6.92. The lowest BCUT2D eigenvalue weighted by molar-refractivity contribution is -0.948. The van der Waals surface area contributed by atoms with Crippen molar-refractivity contribution in [2.75, 3.05) is 32.5 Å². The standard InChI is InChI=1S/C23H38N3O3S2/c1-7-9-10-11-15-28-20-19(24-30-25-20)18-13-12-14-26(6,16-18)23(17-31(23)8-2)29-21(27)22(3,4)5/h8,13H,7,9-12,14-17H2,1-6H3/q+1. The van der Waals surface area contributed by atoms with Crippen molar-refractivity contribution in [1.82, 2.24) is 8.75 Å². The molecule has 1 fully saturated rings. The highest BCUT2D eigenvalue weighted by atomic mass is 32.2. The first-order valence-electron chi connectivity index (χ1n) is 11.4. The third-order valence-corrected chi connectivity index (χ3v) is 9.08. The Morgan fingerprint density at radius 3 is 2.74 bits per heavy atom. The summed E-state index contributed by atoms with van der Waals surface area (Å²) in [5.74, 6) is 1.44. The molecule has 3 rings (SSSR count). The molecule has 0 saturated carbocycles. The smallest absolute Gasteiger partial charge is 0.316 e. The lowest BCUT2D eigenvalue weighted by atomic mass is 9.97. The molecular formula is C23H38N3O3S2+. The molecule has 3 atom stereocenters. The second kappa shape index (κ2) is 9.71. The van der Waals surface area contributed by atoms with Crippen molar-refractivity contribution in [2.45, 2.75) is 71.8 Å². The molecule has 174 valence electrons. The Labute approximate surface area is 193 Å². The maximum Gasteiger partial charge on any atom is 0.316 e. The second-order valence-electron chi connectivity index (χ2n) is 9.78. The first-order chi connectivity index (χ1) is 14.7. The van der Waals surface area contributed by atoms with E-state index in [0.717, 1.165) is 43.0 Å². The maximum atomic E-state index is 12.8. The molecule has 31 heavy (non-hydrogen) atoms. The molecule has 3 unspecified atom stereocenters. The number of nitrogens with zero attached hydrogens (tertiary/aromatic N) is 3. The van der Waals surface area contributed by atoms with E-state index >= 15 is 0 Å². The topological polar surface area (TPSA) is 61.3 Å². The number of hydrogen-bond acceptors (Lipinski definition) is 6. The van der Waals surface area contributed by atoms with Crippen molar-refractivity contribution in [3.63, 3.8) is 0 Å². The van der Waals surface area contributed by atoms with E-state index in [1.807, 2.05) is 20.8 Å². The number of rotatable bonds is 9. The predicted octanol–water partition coefficient (Wildman–Crippen LogP) is 5.08. The molecule has 2 aliphatic heterocycles. The maximum absolute atomic E-state index is 12.8. The van der Waals surface area contributed by atoms with Crippen molar-refractivity contribution in [3.8, 4) is 5.88 Å². The lowest BCUT2D eigenvalue weighted by Gasteiger charge is -2.43. The third kappa shape index (κ3) is 5.22. The van der Waals surface area contributed by atoms with Crippen LogP contribution in [0.5, 0.6) is 5.88 Å². The van der Waals surface area contributed by atoms with E-state index in [9.17, 15) is 4.79 Å². The summed E-state index contributed by atoms with van der Waals surface area (Å²) in [6.45, 7) is 12.5. The van der Waals surface area contributed by atoms with Crippen LogP contribution in [0.4, 0.5) is 0 Å². The largest absolute Gasteiger partial charge is 0.475 e. The molecule has 0 bridgehead atoms. The van der Waals surface area contributed by atoms with Gasteiger partial charge in [-0.2, -0.15) is 4.37 Å². The van der Waals surface area contributed by atoms with E-state index in [1.165, 1.54) is 31.0 Å². The number of esters is 1. The molecule has 0 aliphatic carbocycles. The van der Waals surface area contributed by atoms with Crippen LogP contribution < -0.4 is 4.74 Å². The van der Waals surface area contributed by atoms with Crippen molar-refractivity contribution < 1.29 is 18.8 Å². The Hall–Kier alpha value is -1.25. The van der Waals surface area contributed by atoms with E-state index in [4.69, 9.17) is 9.47 Å². The van der Waals surface area contributed by atoms with Crippen LogP contribution >= 0.6 is 22.2 Å². The number of carbonyl (C=O) groups excluding carboxylic acids is 1. The number of quaternary nitrogens is 1. The minimum absolute atomic E-state index is 0.0243. The minimum atomic E-state index is -0.510. The first kappa shape index (κ1) is 24.4. The highest BCUT2D eigenvalue weighted by Gasteiger charge is 2.67. The van der Waals surface area contributed by atoms with Crippen LogP contribution in [0.25, 0.3) is 5.57 Å². The average Bonchev–Trinajstić information content (AvgIpc) is 3.25. The number of ether oxygens (including phenoxy) is 2. The summed E-state index contributed by atoms with van der Waals surface area (Å²) >= 11 is 1.21. The van der Waals surface area contributed by atoms with E-state index < -0.39 is 10.5 Å². The minimum Gasteiger partial charge on any atom is -0.475 e. The molecule has 6 nitrogen and oxygen atoms in total. The van der Waals surface area contributed by atoms with E-state index in [1.54, 1.807) is 0 Å². The molecule has 0 N–H and O–H groups in total. The quantitative estimate of drug-likeness (QED) is 0.166. The molecule has 0 radical (unpaired) electrons. The van der Waals surface area contributed by atoms with Gasteiger partial charge in [-0.25, -0.2) is 0 Å². The molecule has 8 heteroatoms. The van der Waals surface area contributed by atoms with Gasteiger partial charge in [0.2, 0.25) is 0 Å². The first-order valence-corrected chi connectivity index (χ1v) is 13.6. The molecule has 3 heterocycles. The fourth-order valence-electron chi connectivity index (χ4n) is 4.04. The van der Waals surface area contributed by atoms with Gasteiger partial charge in [-0.05, 0) is 34.1 Å². The highest BCUT2D eigenvalue weighted by Crippen LogP contribution is 2.59. The summed E-state index contributed by atoms with van der Waals surface area (Å²) < 4.78 is 22.0. The van der Waals surface area contributed by atoms with Crippen LogP contribution in [0.2, 0.25) is 0 Å². The van der Waals surface area contributed by atoms with Crippen LogP contribution in [0.1, 0.15) is 72.4 Å². The van der Waals surface area contributed by atoms with Gasteiger partial charge in [0, 0.05) is 12.0 Å². The van der Waals surface area contributed by atoms with Gasteiger partial charge in [-0.3, -0.25) is 9.28 Å². The molecule has 2 aliphatic rings. The number of carbonyl (C=O) groups is 1. The molecule has 1 aromatic rings. The molecule has 1 aromatic heterocycles. The van der Waals surface area contributed by atoms with E-state index in [0.29, 0.717) is 17.0 Å². The summed E-state index contributed by atoms with van der Waals surface area (Å²) in [4.78, 5) is 12.8. The average molecular weight is 469 g/mol. The van der Waals surface area contributed by atoms with Gasteiger partial charge < -0.3 is 9.47 Å². The van der Waals surface area contributed by atoms with Gasteiger partial charge in [0.15, 0.2) is 0 Å². The van der Waals surface area contributed by atoms with E-state index in [-0.39, 0.29) is 16.5 Å². The van der Waals surface area contributed by atoms with Crippen LogP contribution in [0.3, 0.4) is 0 Å². The van der Waals surface area contributed by atoms with Crippen molar-refractivity contribution in [3.05, 3.63) is 11.8 Å². The summed E-state index contributed by atoms with van der Waals surface area (Å²) in [7, 11) is 2.20. The summed E-state index contributed by atoms with van der Waals surface area (Å²) in [6, 6.07) is 0. The predicted molar refractivity (Wildman–Crippen MR) is 131 cm³/mol. The number of likely N-dealkylation sites (N-methyl/N-ethyl adjacent to an activating group) is 1. The monoisotopic (exact) mass is 468 g/mol. The molecule has 0 amide bonds. The van der Waals surface area contributed by atoms with Gasteiger partial charge in [-0.15, -0.1) is 4.37 Å². The van der Waals surface area contributed by atoms with Crippen LogP contribution in [-0.2, 0) is 9.53 Å². The van der Waals surface area contributed by atoms with Gasteiger partial charge in [0.05, 0.1) is 37.3 Å². The Morgan fingerprint density at radius 1 is 1.32 bits per heavy atom. The van der Waals surface area contributed by atoms with Crippen molar-refractivity contribution in [1.29, 1.82) is 0 Å². The Kier molecular flexibility index (Phi) is 7.64. The Balaban J connectivity index is 1.76. The normalized spacial score (nSPS) is 28.3. The van der Waals surface area contributed by atoms with Gasteiger partial charge in [-0.1, -0.05) is 48.1 Å². The van der Waals surface area contributed by atoms with Crippen LogP contribution in [0, 0.1) is 5.41 Å². The number of hydrogen-bond donors (Lipinski definition) is 0. The molecular weight excluding hydrogens is 430 g/mol. The Morgan fingerprint density at radius 2 is 2.10 bits per heavy atom. The second-order valence-corrected chi connectivity index (χ2v) is 12.6. The van der Waals surface area contributed by atoms with Gasteiger partial charge in [0.25, 0.3) is 10.9 Å². The van der Waals surface area contributed by atoms with Crippen molar-refractivity contribution >= 4 is 39.1 Å². The molecule has 0 aromatic carbocycles. The zero-order chi connectivity index (χ0) is 22.7. The lowest BCUT2D eigenvalue weighted by Crippen LogP contribution is -2.59. The number of unbranched alkanes of at least 4 members (excludes halogenated alkanes) is 3. The highest BCUT2D eigenvalue weighted by molar-refractivity contribution is 8.22. The SMILES string of the molecule is CC=S1CC1(OC(=O)C(C)(C)C)[N+]1(C)CCC=C(c2nsnc2OCCCCCC)C1. The zero-order valence-corrected chi connectivity index (χ0v) is 21.5. The van der Waals surface area contributed by atoms with Gasteiger partial charge >= 0.3 is 5.97 Å². The fraction of sp³-hybridized carbons (Fsp3) is 0.739.